The number of unbranched alkanes of at least 4 members (excludes halogenated alkanes) is 1. The molecular formula is C9H13ClO2. The SMILES string of the molecule is O=C(OCCCCCl)C1=CCC1. The highest BCUT2D eigenvalue weighted by atomic mass is 35.5. The van der Waals surface area contributed by atoms with Crippen LogP contribution in [0.25, 0.3) is 0 Å². The van der Waals surface area contributed by atoms with E-state index in [9.17, 15) is 4.79 Å². The smallest absolute Gasteiger partial charge is 0.333 e. The number of carbonyl (C=O) groups is 1. The maximum Gasteiger partial charge on any atom is 0.333 e. The molecule has 0 fully saturated rings. The zero-order chi connectivity index (χ0) is 8.81. The van der Waals surface area contributed by atoms with Gasteiger partial charge >= 0.3 is 5.97 Å². The number of allylic oxidation sites excluding steroid dienone is 1. The van der Waals surface area contributed by atoms with Crippen LogP contribution in [0.1, 0.15) is 25.7 Å². The molecule has 1 aliphatic carbocycles. The van der Waals surface area contributed by atoms with Crippen molar-refractivity contribution in [3.8, 4) is 0 Å². The van der Waals surface area contributed by atoms with Crippen LogP contribution >= 0.6 is 11.6 Å². The summed E-state index contributed by atoms with van der Waals surface area (Å²) in [4.78, 5) is 11.1. The highest BCUT2D eigenvalue weighted by molar-refractivity contribution is 6.17. The average Bonchev–Trinajstić information content (AvgIpc) is 1.95. The minimum atomic E-state index is -0.143. The van der Waals surface area contributed by atoms with Crippen molar-refractivity contribution in [3.05, 3.63) is 11.6 Å². The van der Waals surface area contributed by atoms with Crippen molar-refractivity contribution in [3.63, 3.8) is 0 Å². The molecule has 0 saturated carbocycles. The Morgan fingerprint density at radius 1 is 1.58 bits per heavy atom. The summed E-state index contributed by atoms with van der Waals surface area (Å²) in [7, 11) is 0. The topological polar surface area (TPSA) is 26.3 Å². The molecule has 1 rings (SSSR count). The molecule has 0 spiro atoms. The molecule has 0 aliphatic heterocycles. The summed E-state index contributed by atoms with van der Waals surface area (Å²) in [5.41, 5.74) is 0.834. The Hall–Kier alpha value is -0.500. The van der Waals surface area contributed by atoms with E-state index < -0.39 is 0 Å². The van der Waals surface area contributed by atoms with E-state index in [4.69, 9.17) is 16.3 Å². The maximum absolute atomic E-state index is 11.1. The van der Waals surface area contributed by atoms with E-state index in [-0.39, 0.29) is 5.97 Å². The summed E-state index contributed by atoms with van der Waals surface area (Å²) < 4.78 is 4.98. The number of rotatable bonds is 5. The Balaban J connectivity index is 2.03. The summed E-state index contributed by atoms with van der Waals surface area (Å²) in [5, 5.41) is 0. The molecule has 0 aromatic rings. The molecule has 0 saturated heterocycles. The number of esters is 1. The second-order valence-electron chi connectivity index (χ2n) is 2.80. The van der Waals surface area contributed by atoms with Crippen molar-refractivity contribution in [2.24, 2.45) is 0 Å². The first-order valence-electron chi connectivity index (χ1n) is 4.26. The van der Waals surface area contributed by atoms with E-state index in [2.05, 4.69) is 0 Å². The van der Waals surface area contributed by atoms with E-state index >= 15 is 0 Å². The Morgan fingerprint density at radius 3 is 2.83 bits per heavy atom. The number of halogens is 1. The zero-order valence-electron chi connectivity index (χ0n) is 7.01. The first-order chi connectivity index (χ1) is 5.84. The summed E-state index contributed by atoms with van der Waals surface area (Å²) in [6.45, 7) is 0.503. The lowest BCUT2D eigenvalue weighted by Gasteiger charge is -2.12. The van der Waals surface area contributed by atoms with E-state index in [1.165, 1.54) is 0 Å². The molecule has 0 bridgehead atoms. The van der Waals surface area contributed by atoms with Crippen LogP contribution in [0.5, 0.6) is 0 Å². The van der Waals surface area contributed by atoms with Gasteiger partial charge in [-0.15, -0.1) is 11.6 Å². The highest BCUT2D eigenvalue weighted by Gasteiger charge is 2.15. The van der Waals surface area contributed by atoms with Crippen molar-refractivity contribution < 1.29 is 9.53 Å². The molecule has 0 radical (unpaired) electrons. The van der Waals surface area contributed by atoms with Crippen LogP contribution in [0.15, 0.2) is 11.6 Å². The predicted octanol–water partition coefficient (Wildman–Crippen LogP) is 2.27. The number of carbonyl (C=O) groups excluding carboxylic acids is 1. The largest absolute Gasteiger partial charge is 0.462 e. The minimum absolute atomic E-state index is 0.143. The fourth-order valence-electron chi connectivity index (χ4n) is 0.928. The number of hydrogen-bond acceptors (Lipinski definition) is 2. The second kappa shape index (κ2) is 5.20. The summed E-state index contributed by atoms with van der Waals surface area (Å²) >= 11 is 5.47. The fourth-order valence-corrected chi connectivity index (χ4v) is 1.12. The van der Waals surface area contributed by atoms with Gasteiger partial charge in [-0.2, -0.15) is 0 Å². The first-order valence-corrected chi connectivity index (χ1v) is 4.80. The van der Waals surface area contributed by atoms with Crippen molar-refractivity contribution in [2.75, 3.05) is 12.5 Å². The van der Waals surface area contributed by atoms with E-state index in [0.717, 1.165) is 31.3 Å². The lowest BCUT2D eigenvalue weighted by molar-refractivity contribution is -0.139. The van der Waals surface area contributed by atoms with Crippen LogP contribution in [0.2, 0.25) is 0 Å². The first kappa shape index (κ1) is 9.59. The van der Waals surface area contributed by atoms with Crippen LogP contribution < -0.4 is 0 Å². The van der Waals surface area contributed by atoms with Gasteiger partial charge in [0.25, 0.3) is 0 Å². The van der Waals surface area contributed by atoms with Crippen molar-refractivity contribution in [1.82, 2.24) is 0 Å². The van der Waals surface area contributed by atoms with Gasteiger partial charge in [-0.1, -0.05) is 6.08 Å². The van der Waals surface area contributed by atoms with Gasteiger partial charge in [-0.25, -0.2) is 4.79 Å². The van der Waals surface area contributed by atoms with E-state index in [1.54, 1.807) is 0 Å². The van der Waals surface area contributed by atoms with Gasteiger partial charge < -0.3 is 4.74 Å². The normalized spacial score (nSPS) is 14.9. The Labute approximate surface area is 77.5 Å². The van der Waals surface area contributed by atoms with Crippen molar-refractivity contribution in [2.45, 2.75) is 25.7 Å². The van der Waals surface area contributed by atoms with Gasteiger partial charge in [0.2, 0.25) is 0 Å². The third-order valence-electron chi connectivity index (χ3n) is 1.83. The monoisotopic (exact) mass is 188 g/mol. The maximum atomic E-state index is 11.1. The quantitative estimate of drug-likeness (QED) is 0.376. The van der Waals surface area contributed by atoms with Gasteiger partial charge in [0.1, 0.15) is 0 Å². The van der Waals surface area contributed by atoms with Gasteiger partial charge in [0.05, 0.1) is 6.61 Å². The van der Waals surface area contributed by atoms with Gasteiger partial charge in [0, 0.05) is 11.5 Å². The molecule has 0 aromatic carbocycles. The molecule has 0 amide bonds. The van der Waals surface area contributed by atoms with Crippen LogP contribution in [0.4, 0.5) is 0 Å². The summed E-state index contributed by atoms with van der Waals surface area (Å²) in [5.74, 6) is 0.496. The van der Waals surface area contributed by atoms with Gasteiger partial charge in [-0.05, 0) is 25.7 Å². The minimum Gasteiger partial charge on any atom is -0.462 e. The average molecular weight is 189 g/mol. The Bertz CT molecular complexity index is 187. The number of alkyl halides is 1. The van der Waals surface area contributed by atoms with Gasteiger partial charge in [0.15, 0.2) is 0 Å². The molecule has 0 atom stereocenters. The number of ether oxygens (including phenoxy) is 1. The third-order valence-corrected chi connectivity index (χ3v) is 2.09. The van der Waals surface area contributed by atoms with E-state index in [1.807, 2.05) is 6.08 Å². The molecule has 1 aliphatic rings. The zero-order valence-corrected chi connectivity index (χ0v) is 7.77. The van der Waals surface area contributed by atoms with Gasteiger partial charge in [-0.3, -0.25) is 0 Å². The van der Waals surface area contributed by atoms with Crippen LogP contribution in [-0.2, 0) is 9.53 Å². The number of hydrogen-bond donors (Lipinski definition) is 0. The molecule has 12 heavy (non-hydrogen) atoms. The molecule has 0 unspecified atom stereocenters. The summed E-state index contributed by atoms with van der Waals surface area (Å²) in [6, 6.07) is 0. The van der Waals surface area contributed by atoms with Crippen LogP contribution in [-0.4, -0.2) is 18.5 Å². The summed E-state index contributed by atoms with van der Waals surface area (Å²) in [6.07, 6.45) is 5.60. The van der Waals surface area contributed by atoms with Crippen molar-refractivity contribution in [1.29, 1.82) is 0 Å². The van der Waals surface area contributed by atoms with Crippen LogP contribution in [0.3, 0.4) is 0 Å². The molecule has 0 aromatic heterocycles. The predicted molar refractivity (Wildman–Crippen MR) is 48.2 cm³/mol. The lowest BCUT2D eigenvalue weighted by atomic mass is 10.00. The van der Waals surface area contributed by atoms with E-state index in [0.29, 0.717) is 12.5 Å². The third kappa shape index (κ3) is 2.86. The highest BCUT2D eigenvalue weighted by Crippen LogP contribution is 2.18. The Morgan fingerprint density at radius 2 is 2.33 bits per heavy atom. The molecular weight excluding hydrogens is 176 g/mol. The molecule has 68 valence electrons. The lowest BCUT2D eigenvalue weighted by Crippen LogP contribution is -2.12. The molecule has 0 heterocycles. The second-order valence-corrected chi connectivity index (χ2v) is 3.18. The Kier molecular flexibility index (Phi) is 4.15. The fraction of sp³-hybridized carbons (Fsp3) is 0.667. The molecule has 0 N–H and O–H groups in total. The molecule has 2 nitrogen and oxygen atoms in total. The molecule has 3 heteroatoms. The van der Waals surface area contributed by atoms with Crippen LogP contribution in [0, 0.1) is 0 Å². The van der Waals surface area contributed by atoms with Crippen molar-refractivity contribution >= 4 is 17.6 Å². The standard InChI is InChI=1S/C9H13ClO2/c10-6-1-2-7-12-9(11)8-4-3-5-8/h4H,1-3,5-7H2.